The number of para-hydroxylation sites is 2. The number of aromatic nitrogens is 2. The number of furan rings is 1. The predicted molar refractivity (Wildman–Crippen MR) is 194 cm³/mol. The number of hydrogen-bond acceptors (Lipinski definition) is 3. The minimum absolute atomic E-state index is 0. The van der Waals surface area contributed by atoms with Crippen LogP contribution in [-0.2, 0) is 26.5 Å². The van der Waals surface area contributed by atoms with Gasteiger partial charge in [-0.05, 0) is 59.1 Å². The molecule has 3 heterocycles. The first-order valence-electron chi connectivity index (χ1n) is 16.0. The van der Waals surface area contributed by atoms with E-state index in [1.807, 2.05) is 72.9 Å². The van der Waals surface area contributed by atoms with Crippen molar-refractivity contribution in [3.63, 3.8) is 0 Å². The first-order chi connectivity index (χ1) is 23.1. The summed E-state index contributed by atoms with van der Waals surface area (Å²) in [7, 11) is 0. The second kappa shape index (κ2) is 15.2. The summed E-state index contributed by atoms with van der Waals surface area (Å²) in [5.74, 6) is 0.641. The van der Waals surface area contributed by atoms with Gasteiger partial charge in [0.2, 0.25) is 0 Å². The van der Waals surface area contributed by atoms with E-state index >= 15 is 0 Å². The number of fused-ring (bicyclic) bond motifs is 3. The van der Waals surface area contributed by atoms with Crippen LogP contribution in [0, 0.1) is 18.1 Å². The van der Waals surface area contributed by atoms with Crippen molar-refractivity contribution in [2.24, 2.45) is 5.92 Å². The molecule has 0 amide bonds. The molecule has 0 unspecified atom stereocenters. The molecule has 3 aromatic heterocycles. The van der Waals surface area contributed by atoms with E-state index in [1.54, 1.807) is 0 Å². The molecule has 3 nitrogen and oxygen atoms in total. The molecule has 0 saturated carbocycles. The number of pyridine rings is 2. The molecule has 48 heavy (non-hydrogen) atoms. The summed E-state index contributed by atoms with van der Waals surface area (Å²) in [6, 6.07) is 55.9. The van der Waals surface area contributed by atoms with Crippen molar-refractivity contribution >= 4 is 21.9 Å². The Balaban J connectivity index is 0.000000201. The molecule has 0 atom stereocenters. The third-order valence-corrected chi connectivity index (χ3v) is 8.06. The van der Waals surface area contributed by atoms with Gasteiger partial charge in [0.05, 0.1) is 0 Å². The second-order valence-electron chi connectivity index (χ2n) is 12.0. The van der Waals surface area contributed by atoms with Crippen LogP contribution in [0.25, 0.3) is 66.7 Å². The zero-order valence-corrected chi connectivity index (χ0v) is 29.2. The summed E-state index contributed by atoms with van der Waals surface area (Å²) in [5.41, 5.74) is 11.5. The number of benzene rings is 5. The first kappa shape index (κ1) is 32.8. The van der Waals surface area contributed by atoms with E-state index in [9.17, 15) is 0 Å². The Morgan fingerprint density at radius 3 is 2.17 bits per heavy atom. The minimum Gasteiger partial charge on any atom is -0.455 e. The van der Waals surface area contributed by atoms with Crippen LogP contribution in [0.3, 0.4) is 0 Å². The molecule has 0 aliphatic rings. The van der Waals surface area contributed by atoms with Crippen molar-refractivity contribution in [1.29, 1.82) is 0 Å². The topological polar surface area (TPSA) is 38.9 Å². The van der Waals surface area contributed by atoms with E-state index in [0.717, 1.165) is 78.8 Å². The predicted octanol–water partition coefficient (Wildman–Crippen LogP) is 11.5. The van der Waals surface area contributed by atoms with E-state index in [1.165, 1.54) is 0 Å². The number of nitrogens with zero attached hydrogens (tertiary/aromatic N) is 2. The Labute approximate surface area is 295 Å². The van der Waals surface area contributed by atoms with E-state index < -0.39 is 0 Å². The molecular formula is C44H34IrN2O-2. The molecule has 237 valence electrons. The average molecular weight is 799 g/mol. The molecule has 5 aromatic carbocycles. The molecule has 0 spiro atoms. The third-order valence-electron chi connectivity index (χ3n) is 8.06. The van der Waals surface area contributed by atoms with Gasteiger partial charge in [0.15, 0.2) is 0 Å². The minimum atomic E-state index is 0. The Kier molecular flexibility index (Phi) is 10.4. The van der Waals surface area contributed by atoms with Gasteiger partial charge in [-0.2, -0.15) is 0 Å². The van der Waals surface area contributed by atoms with Gasteiger partial charge in [0, 0.05) is 48.3 Å². The summed E-state index contributed by atoms with van der Waals surface area (Å²) in [5, 5.41) is 2.29. The Morgan fingerprint density at radius 1 is 0.604 bits per heavy atom. The third kappa shape index (κ3) is 7.36. The second-order valence-corrected chi connectivity index (χ2v) is 12.0. The molecular weight excluding hydrogens is 765 g/mol. The largest absolute Gasteiger partial charge is 0.455 e. The van der Waals surface area contributed by atoms with E-state index in [2.05, 4.69) is 115 Å². The van der Waals surface area contributed by atoms with Gasteiger partial charge in [0.25, 0.3) is 0 Å². The van der Waals surface area contributed by atoms with Crippen molar-refractivity contribution < 1.29 is 24.5 Å². The van der Waals surface area contributed by atoms with Gasteiger partial charge in [0.1, 0.15) is 11.2 Å². The summed E-state index contributed by atoms with van der Waals surface area (Å²) in [6.07, 6.45) is 2.84. The van der Waals surface area contributed by atoms with Gasteiger partial charge in [-0.1, -0.05) is 92.7 Å². The van der Waals surface area contributed by atoms with Gasteiger partial charge in [-0.15, -0.1) is 71.3 Å². The van der Waals surface area contributed by atoms with Crippen LogP contribution in [0.15, 0.2) is 156 Å². The maximum Gasteiger partial charge on any atom is 0.143 e. The van der Waals surface area contributed by atoms with E-state index in [0.29, 0.717) is 5.92 Å². The standard InChI is InChI=1S/C29H18NO.C15H16N.Ir/c1-2-16-28-25(12-1)26-14-7-13-24(29(26)31-28)22-10-5-8-20(18-22)21-9-6-11-23(19-21)27-15-3-4-17-30-27;1-12(2)11-14-9-6-10-15(16-14)13-7-4-3-5-8-13;/h1-10,12-19H;3-7,9-10,12H,11H2,1-2H3;/q2*-1;. The maximum atomic E-state index is 6.25. The summed E-state index contributed by atoms with van der Waals surface area (Å²) < 4.78 is 6.25. The zero-order valence-electron chi connectivity index (χ0n) is 26.9. The average Bonchev–Trinajstić information content (AvgIpc) is 3.52. The van der Waals surface area contributed by atoms with Gasteiger partial charge in [-0.25, -0.2) is 0 Å². The Bertz CT molecular complexity index is 2260. The Morgan fingerprint density at radius 2 is 1.33 bits per heavy atom. The van der Waals surface area contributed by atoms with Crippen LogP contribution in [0.4, 0.5) is 0 Å². The van der Waals surface area contributed by atoms with Crippen molar-refractivity contribution in [2.45, 2.75) is 20.3 Å². The van der Waals surface area contributed by atoms with Crippen LogP contribution in [0.1, 0.15) is 19.5 Å². The van der Waals surface area contributed by atoms with Crippen LogP contribution >= 0.6 is 0 Å². The molecule has 4 heteroatoms. The maximum absolute atomic E-state index is 6.25. The van der Waals surface area contributed by atoms with Crippen LogP contribution in [0.5, 0.6) is 0 Å². The molecule has 0 fully saturated rings. The summed E-state index contributed by atoms with van der Waals surface area (Å²) in [4.78, 5) is 9.11. The summed E-state index contributed by atoms with van der Waals surface area (Å²) >= 11 is 0. The fraction of sp³-hybridized carbons (Fsp3) is 0.0909. The number of hydrogen-bond donors (Lipinski definition) is 0. The van der Waals surface area contributed by atoms with Crippen LogP contribution in [-0.4, -0.2) is 9.97 Å². The van der Waals surface area contributed by atoms with Crippen molar-refractivity contribution in [2.75, 3.05) is 0 Å². The quantitative estimate of drug-likeness (QED) is 0.157. The van der Waals surface area contributed by atoms with Crippen molar-refractivity contribution in [3.05, 3.63) is 170 Å². The van der Waals surface area contributed by atoms with Gasteiger partial charge in [-0.3, -0.25) is 0 Å². The molecule has 0 aliphatic heterocycles. The van der Waals surface area contributed by atoms with Gasteiger partial charge >= 0.3 is 0 Å². The number of rotatable bonds is 6. The van der Waals surface area contributed by atoms with Crippen molar-refractivity contribution in [3.8, 4) is 44.8 Å². The monoisotopic (exact) mass is 799 g/mol. The molecule has 0 bridgehead atoms. The van der Waals surface area contributed by atoms with Crippen molar-refractivity contribution in [1.82, 2.24) is 9.97 Å². The van der Waals surface area contributed by atoms with Crippen LogP contribution < -0.4 is 0 Å². The van der Waals surface area contributed by atoms with Crippen LogP contribution in [0.2, 0.25) is 0 Å². The van der Waals surface area contributed by atoms with E-state index in [4.69, 9.17) is 4.42 Å². The zero-order chi connectivity index (χ0) is 32.0. The molecule has 8 aromatic rings. The fourth-order valence-electron chi connectivity index (χ4n) is 5.87. The Hall–Kier alpha value is -5.15. The molecule has 0 saturated heterocycles. The smallest absolute Gasteiger partial charge is 0.143 e. The first-order valence-corrected chi connectivity index (χ1v) is 16.0. The normalized spacial score (nSPS) is 10.8. The fourth-order valence-corrected chi connectivity index (χ4v) is 5.87. The molecule has 1 radical (unpaired) electrons. The SMILES string of the molecule is CC(C)Cc1cccc(-c2[c-]cccc2)n1.[Ir].[c-]1ccc(-c2cccc(-c3cccc4c3oc3ccccc34)c2)cc1-c1ccccn1. The van der Waals surface area contributed by atoms with E-state index in [-0.39, 0.29) is 20.1 Å². The molecule has 0 N–H and O–H groups in total. The van der Waals surface area contributed by atoms with Gasteiger partial charge < -0.3 is 14.4 Å². The molecule has 0 aliphatic carbocycles. The molecule has 8 rings (SSSR count). The summed E-state index contributed by atoms with van der Waals surface area (Å²) in [6.45, 7) is 4.42.